The van der Waals surface area contributed by atoms with Crippen molar-refractivity contribution >= 4 is 0 Å². The molecule has 11 unspecified atom stereocenters. The highest BCUT2D eigenvalue weighted by atomic mass is 14.7. The molecule has 54 heavy (non-hydrogen) atoms. The molecule has 0 nitrogen and oxygen atoms in total. The zero-order chi connectivity index (χ0) is 37.5. The Balaban J connectivity index is 1.08. The molecule has 6 aliphatic rings. The smallest absolute Gasteiger partial charge is 0.0264 e. The largest absolute Gasteiger partial charge is 0.0885 e. The maximum absolute atomic E-state index is 2.62. The van der Waals surface area contributed by atoms with Gasteiger partial charge in [-0.3, -0.25) is 0 Å². The predicted octanol–water partition coefficient (Wildman–Crippen LogP) is 15.5. The number of hydrogen-bond donors (Lipinski definition) is 0. The Labute approximate surface area is 333 Å². The Morgan fingerprint density at radius 2 is 1.09 bits per heavy atom. The number of unbranched alkanes of at least 4 members (excludes halogenated alkanes) is 1. The van der Waals surface area contributed by atoms with Crippen molar-refractivity contribution in [2.24, 2.45) is 81.8 Å². The number of benzene rings is 2. The summed E-state index contributed by atoms with van der Waals surface area (Å²) in [6.07, 6.45) is 32.8. The van der Waals surface area contributed by atoms with Gasteiger partial charge in [-0.1, -0.05) is 146 Å². The van der Waals surface area contributed by atoms with E-state index in [1.165, 1.54) is 122 Å². The Hall–Kier alpha value is -1.82. The lowest BCUT2D eigenvalue weighted by molar-refractivity contribution is 0.0420. The van der Waals surface area contributed by atoms with Gasteiger partial charge in [-0.2, -0.15) is 0 Å². The third-order valence-electron chi connectivity index (χ3n) is 18.1. The first-order valence-electron chi connectivity index (χ1n) is 23.8. The summed E-state index contributed by atoms with van der Waals surface area (Å²) in [7, 11) is 0. The summed E-state index contributed by atoms with van der Waals surface area (Å²) >= 11 is 0. The molecule has 0 spiro atoms. The van der Waals surface area contributed by atoms with Crippen LogP contribution in [0.3, 0.4) is 0 Å². The average Bonchev–Trinajstić information content (AvgIpc) is 3.90. The van der Waals surface area contributed by atoms with E-state index < -0.39 is 0 Å². The highest BCUT2D eigenvalue weighted by molar-refractivity contribution is 5.44. The van der Waals surface area contributed by atoms with E-state index in [0.717, 1.165) is 71.0 Å². The van der Waals surface area contributed by atoms with Gasteiger partial charge in [0.2, 0.25) is 0 Å². The third kappa shape index (κ3) is 7.62. The van der Waals surface area contributed by atoms with Crippen molar-refractivity contribution in [2.45, 2.75) is 169 Å². The van der Waals surface area contributed by atoms with Crippen LogP contribution >= 0.6 is 0 Å². The predicted molar refractivity (Wildman–Crippen MR) is 231 cm³/mol. The molecular formula is C54H80. The van der Waals surface area contributed by atoms with Crippen molar-refractivity contribution in [2.75, 3.05) is 0 Å². The summed E-state index contributed by atoms with van der Waals surface area (Å²) in [5, 5.41) is 0. The van der Waals surface area contributed by atoms with Crippen LogP contribution in [0.1, 0.15) is 175 Å². The van der Waals surface area contributed by atoms with Crippen LogP contribution < -0.4 is 0 Å². The minimum Gasteiger partial charge on any atom is -0.0885 e. The summed E-state index contributed by atoms with van der Waals surface area (Å²) < 4.78 is 0. The van der Waals surface area contributed by atoms with Crippen LogP contribution in [-0.2, 0) is 5.41 Å². The molecule has 0 aromatic heterocycles. The summed E-state index contributed by atoms with van der Waals surface area (Å²) in [4.78, 5) is 0. The molecule has 0 N–H and O–H groups in total. The zero-order valence-electron chi connectivity index (χ0n) is 35.8. The van der Waals surface area contributed by atoms with Crippen molar-refractivity contribution in [3.63, 3.8) is 0 Å². The highest BCUT2D eigenvalue weighted by Gasteiger charge is 2.63. The molecule has 6 fully saturated rings. The maximum atomic E-state index is 2.62. The van der Waals surface area contributed by atoms with Gasteiger partial charge < -0.3 is 0 Å². The molecule has 2 aromatic carbocycles. The molecule has 0 radical (unpaired) electrons. The van der Waals surface area contributed by atoms with E-state index in [2.05, 4.69) is 114 Å². The minimum absolute atomic E-state index is 0.0946. The SMILES string of the molecule is CC(C)(C)C1CCC2C3CCC(C(C)(C)C)CC3C(C(c3ccccc3)(c3ccccc3)C3CCC(CCCC=CCC4CCC5CCCCC45)C3)C2C1. The number of fused-ring (bicyclic) bond motifs is 4. The molecule has 0 saturated heterocycles. The summed E-state index contributed by atoms with van der Waals surface area (Å²) in [6.45, 7) is 15.4. The normalized spacial score (nSPS) is 37.3. The molecular weight excluding hydrogens is 649 g/mol. The van der Waals surface area contributed by atoms with Crippen molar-refractivity contribution in [1.29, 1.82) is 0 Å². The van der Waals surface area contributed by atoms with Crippen molar-refractivity contribution in [3.8, 4) is 0 Å². The first-order chi connectivity index (χ1) is 26.0. The van der Waals surface area contributed by atoms with Gasteiger partial charge >= 0.3 is 0 Å². The summed E-state index contributed by atoms with van der Waals surface area (Å²) in [5.41, 5.74) is 4.20. The van der Waals surface area contributed by atoms with Gasteiger partial charge in [0.05, 0.1) is 0 Å². The van der Waals surface area contributed by atoms with E-state index in [0.29, 0.717) is 10.8 Å². The molecule has 2 aromatic rings. The van der Waals surface area contributed by atoms with Crippen molar-refractivity contribution in [3.05, 3.63) is 83.9 Å². The van der Waals surface area contributed by atoms with Gasteiger partial charge in [0.25, 0.3) is 0 Å². The molecule has 6 saturated carbocycles. The van der Waals surface area contributed by atoms with Gasteiger partial charge in [0.1, 0.15) is 0 Å². The van der Waals surface area contributed by atoms with Crippen LogP contribution in [0.25, 0.3) is 0 Å². The number of allylic oxidation sites excluding steroid dienone is 2. The molecule has 11 atom stereocenters. The van der Waals surface area contributed by atoms with Gasteiger partial charge in [-0.15, -0.1) is 0 Å². The first kappa shape index (κ1) is 39.0. The number of rotatable bonds is 10. The van der Waals surface area contributed by atoms with E-state index >= 15 is 0 Å². The van der Waals surface area contributed by atoms with Crippen LogP contribution in [0, 0.1) is 81.8 Å². The molecule has 0 aliphatic heterocycles. The molecule has 296 valence electrons. The van der Waals surface area contributed by atoms with Crippen LogP contribution in [-0.4, -0.2) is 0 Å². The lowest BCUT2D eigenvalue weighted by atomic mass is 9.50. The zero-order valence-corrected chi connectivity index (χ0v) is 35.8. The standard InChI is InChI=1S/C54H80/c1-52(2,3)43-31-33-47-48-34-32-44(53(4,5)6)37-50(48)51(49(47)36-43)54(41-22-13-9-14-23-41,42-24-15-10-16-25-42)45-30-27-38(35-45)19-11-7-8-12-20-39-28-29-40-21-17-18-26-46(39)40/h8-10,12-16,22-25,38-40,43-51H,7,11,17-21,26-37H2,1-6H3. The summed E-state index contributed by atoms with van der Waals surface area (Å²) in [5.74, 6) is 10.7. The van der Waals surface area contributed by atoms with E-state index in [4.69, 9.17) is 0 Å². The Bertz CT molecular complexity index is 1420. The lowest BCUT2D eigenvalue weighted by Crippen LogP contribution is -2.49. The molecule has 0 heterocycles. The Morgan fingerprint density at radius 3 is 1.69 bits per heavy atom. The van der Waals surface area contributed by atoms with Gasteiger partial charge in [-0.05, 0) is 183 Å². The maximum Gasteiger partial charge on any atom is 0.0264 e. The van der Waals surface area contributed by atoms with Gasteiger partial charge in [0, 0.05) is 5.41 Å². The van der Waals surface area contributed by atoms with Crippen molar-refractivity contribution < 1.29 is 0 Å². The fraction of sp³-hybridized carbons (Fsp3) is 0.741. The average molecular weight is 729 g/mol. The molecule has 0 amide bonds. The second-order valence-corrected chi connectivity index (χ2v) is 22.6. The third-order valence-corrected chi connectivity index (χ3v) is 18.1. The van der Waals surface area contributed by atoms with E-state index in [-0.39, 0.29) is 5.41 Å². The Kier molecular flexibility index (Phi) is 11.7. The quantitative estimate of drug-likeness (QED) is 0.169. The second kappa shape index (κ2) is 16.2. The Morgan fingerprint density at radius 1 is 0.519 bits per heavy atom. The fourth-order valence-electron chi connectivity index (χ4n) is 15.4. The summed E-state index contributed by atoms with van der Waals surface area (Å²) in [6, 6.07) is 24.6. The molecule has 6 aliphatic carbocycles. The van der Waals surface area contributed by atoms with Gasteiger partial charge in [-0.25, -0.2) is 0 Å². The van der Waals surface area contributed by atoms with Crippen LogP contribution in [0.4, 0.5) is 0 Å². The topological polar surface area (TPSA) is 0 Å². The fourth-order valence-corrected chi connectivity index (χ4v) is 15.4. The first-order valence-corrected chi connectivity index (χ1v) is 23.8. The van der Waals surface area contributed by atoms with Crippen LogP contribution in [0.2, 0.25) is 0 Å². The molecule has 8 rings (SSSR count). The monoisotopic (exact) mass is 729 g/mol. The van der Waals surface area contributed by atoms with E-state index in [1.807, 2.05) is 0 Å². The van der Waals surface area contributed by atoms with Crippen LogP contribution in [0.5, 0.6) is 0 Å². The number of hydrogen-bond acceptors (Lipinski definition) is 0. The van der Waals surface area contributed by atoms with E-state index in [1.54, 1.807) is 11.1 Å². The van der Waals surface area contributed by atoms with Gasteiger partial charge in [0.15, 0.2) is 0 Å². The minimum atomic E-state index is 0.0946. The molecule has 0 bridgehead atoms. The lowest BCUT2D eigenvalue weighted by Gasteiger charge is -2.53. The van der Waals surface area contributed by atoms with E-state index in [9.17, 15) is 0 Å². The van der Waals surface area contributed by atoms with Crippen LogP contribution in [0.15, 0.2) is 72.8 Å². The second-order valence-electron chi connectivity index (χ2n) is 22.6. The van der Waals surface area contributed by atoms with Crippen molar-refractivity contribution in [1.82, 2.24) is 0 Å². The highest BCUT2D eigenvalue weighted by Crippen LogP contribution is 2.69. The molecule has 0 heteroatoms.